The molecule has 0 saturated heterocycles. The summed E-state index contributed by atoms with van der Waals surface area (Å²) < 4.78 is 13.3. The summed E-state index contributed by atoms with van der Waals surface area (Å²) >= 11 is 0. The van der Waals surface area contributed by atoms with E-state index in [1.165, 1.54) is 6.07 Å². The van der Waals surface area contributed by atoms with Crippen LogP contribution in [0.4, 0.5) is 4.39 Å². The molecule has 1 atom stereocenters. The molecule has 0 radical (unpaired) electrons. The van der Waals surface area contributed by atoms with Crippen LogP contribution in [0.5, 0.6) is 0 Å². The van der Waals surface area contributed by atoms with E-state index in [0.29, 0.717) is 12.0 Å². The number of carbonyl (C=O) groups excluding carboxylic acids is 1. The number of carbonyl (C=O) groups is 1. The van der Waals surface area contributed by atoms with Gasteiger partial charge in [-0.2, -0.15) is 0 Å². The number of halogens is 1. The quantitative estimate of drug-likeness (QED) is 0.718. The third-order valence-corrected chi connectivity index (χ3v) is 2.35. The van der Waals surface area contributed by atoms with E-state index in [2.05, 4.69) is 0 Å². The molecule has 0 heterocycles. The Hall–Kier alpha value is -1.18. The highest BCUT2D eigenvalue weighted by Crippen LogP contribution is 2.20. The first kappa shape index (κ1) is 10.9. The fraction of sp³-hybridized carbons (Fsp3) is 0.417. The minimum Gasteiger partial charge on any atom is -0.299 e. The molecule has 0 aliphatic carbocycles. The Morgan fingerprint density at radius 2 is 2.07 bits per heavy atom. The van der Waals surface area contributed by atoms with Gasteiger partial charge in [0, 0.05) is 12.3 Å². The highest BCUT2D eigenvalue weighted by atomic mass is 19.1. The number of benzene rings is 1. The molecular weight excluding hydrogens is 179 g/mol. The smallest absolute Gasteiger partial charge is 0.140 e. The predicted octanol–water partition coefficient (Wildman–Crippen LogP) is 3.30. The van der Waals surface area contributed by atoms with Gasteiger partial charge in [0.1, 0.15) is 11.6 Å². The number of Topliss-reactive ketones (excluding diaryl/α,β-unsaturated/α-hetero) is 1. The van der Waals surface area contributed by atoms with Gasteiger partial charge in [0.05, 0.1) is 0 Å². The van der Waals surface area contributed by atoms with Gasteiger partial charge in [-0.15, -0.1) is 0 Å². The minimum atomic E-state index is -0.323. The first-order valence-corrected chi connectivity index (χ1v) is 4.94. The standard InChI is InChI=1S/C12H15FO/c1-3-6-12(14)9(2)10-7-4-5-8-11(10)13/h4-5,7-9H,3,6H2,1-2H3. The number of hydrogen-bond acceptors (Lipinski definition) is 1. The van der Waals surface area contributed by atoms with Crippen LogP contribution in [0, 0.1) is 5.82 Å². The molecule has 2 heteroatoms. The third-order valence-electron chi connectivity index (χ3n) is 2.35. The average Bonchev–Trinajstić information content (AvgIpc) is 2.18. The van der Waals surface area contributed by atoms with E-state index in [-0.39, 0.29) is 17.5 Å². The topological polar surface area (TPSA) is 17.1 Å². The first-order valence-electron chi connectivity index (χ1n) is 4.94. The molecule has 1 unspecified atom stereocenters. The van der Waals surface area contributed by atoms with Crippen LogP contribution in [0.1, 0.15) is 38.2 Å². The average molecular weight is 194 g/mol. The molecule has 0 spiro atoms. The van der Waals surface area contributed by atoms with Gasteiger partial charge in [0.2, 0.25) is 0 Å². The van der Waals surface area contributed by atoms with Crippen molar-refractivity contribution in [2.24, 2.45) is 0 Å². The zero-order chi connectivity index (χ0) is 10.6. The van der Waals surface area contributed by atoms with Crippen LogP contribution in [0.15, 0.2) is 24.3 Å². The van der Waals surface area contributed by atoms with Crippen molar-refractivity contribution in [2.45, 2.75) is 32.6 Å². The van der Waals surface area contributed by atoms with Gasteiger partial charge >= 0.3 is 0 Å². The van der Waals surface area contributed by atoms with Crippen molar-refractivity contribution in [3.05, 3.63) is 35.6 Å². The number of rotatable bonds is 4. The molecule has 1 aromatic rings. The molecule has 1 rings (SSSR count). The molecule has 0 aromatic heterocycles. The van der Waals surface area contributed by atoms with Crippen LogP contribution in [0.2, 0.25) is 0 Å². The Kier molecular flexibility index (Phi) is 3.81. The van der Waals surface area contributed by atoms with Crippen molar-refractivity contribution in [1.29, 1.82) is 0 Å². The molecule has 0 saturated carbocycles. The first-order chi connectivity index (χ1) is 6.66. The van der Waals surface area contributed by atoms with Gasteiger partial charge in [-0.25, -0.2) is 4.39 Å². The van der Waals surface area contributed by atoms with Crippen molar-refractivity contribution in [3.63, 3.8) is 0 Å². The van der Waals surface area contributed by atoms with Gasteiger partial charge in [0.25, 0.3) is 0 Å². The summed E-state index contributed by atoms with van der Waals surface area (Å²) in [6.45, 7) is 3.71. The molecule has 1 nitrogen and oxygen atoms in total. The summed E-state index contributed by atoms with van der Waals surface area (Å²) in [4.78, 5) is 11.5. The van der Waals surface area contributed by atoms with Gasteiger partial charge in [-0.1, -0.05) is 32.0 Å². The second-order valence-corrected chi connectivity index (χ2v) is 3.46. The second kappa shape index (κ2) is 4.89. The largest absolute Gasteiger partial charge is 0.299 e. The summed E-state index contributed by atoms with van der Waals surface area (Å²) in [6, 6.07) is 6.46. The van der Waals surface area contributed by atoms with Crippen molar-refractivity contribution >= 4 is 5.78 Å². The predicted molar refractivity (Wildman–Crippen MR) is 54.7 cm³/mol. The highest BCUT2D eigenvalue weighted by molar-refractivity contribution is 5.85. The normalized spacial score (nSPS) is 12.5. The Bertz CT molecular complexity index is 320. The molecule has 14 heavy (non-hydrogen) atoms. The monoisotopic (exact) mass is 194 g/mol. The van der Waals surface area contributed by atoms with Crippen molar-refractivity contribution in [3.8, 4) is 0 Å². The highest BCUT2D eigenvalue weighted by Gasteiger charge is 2.16. The van der Waals surface area contributed by atoms with Gasteiger partial charge in [-0.05, 0) is 18.1 Å². The Balaban J connectivity index is 2.84. The van der Waals surface area contributed by atoms with E-state index < -0.39 is 0 Å². The number of hydrogen-bond donors (Lipinski definition) is 0. The summed E-state index contributed by atoms with van der Waals surface area (Å²) in [5.41, 5.74) is 0.506. The van der Waals surface area contributed by atoms with E-state index in [0.717, 1.165) is 6.42 Å². The molecule has 0 aliphatic heterocycles. The molecule has 0 bridgehead atoms. The van der Waals surface area contributed by atoms with Crippen LogP contribution in [-0.4, -0.2) is 5.78 Å². The van der Waals surface area contributed by atoms with Crippen molar-refractivity contribution in [1.82, 2.24) is 0 Å². The van der Waals surface area contributed by atoms with Crippen LogP contribution >= 0.6 is 0 Å². The van der Waals surface area contributed by atoms with E-state index in [4.69, 9.17) is 0 Å². The fourth-order valence-electron chi connectivity index (χ4n) is 1.46. The lowest BCUT2D eigenvalue weighted by atomic mass is 9.94. The molecular formula is C12H15FO. The number of ketones is 1. The summed E-state index contributed by atoms with van der Waals surface area (Å²) in [7, 11) is 0. The lowest BCUT2D eigenvalue weighted by Gasteiger charge is -2.10. The Morgan fingerprint density at radius 3 is 2.64 bits per heavy atom. The lowest BCUT2D eigenvalue weighted by molar-refractivity contribution is -0.120. The maximum Gasteiger partial charge on any atom is 0.140 e. The van der Waals surface area contributed by atoms with Crippen LogP contribution < -0.4 is 0 Å². The second-order valence-electron chi connectivity index (χ2n) is 3.46. The Morgan fingerprint density at radius 1 is 1.43 bits per heavy atom. The minimum absolute atomic E-state index is 0.109. The van der Waals surface area contributed by atoms with E-state index >= 15 is 0 Å². The van der Waals surface area contributed by atoms with Crippen LogP contribution in [0.25, 0.3) is 0 Å². The molecule has 0 fully saturated rings. The zero-order valence-corrected chi connectivity index (χ0v) is 8.59. The fourth-order valence-corrected chi connectivity index (χ4v) is 1.46. The molecule has 1 aromatic carbocycles. The summed E-state index contributed by atoms with van der Waals surface area (Å²) in [5, 5.41) is 0. The Labute approximate surface area is 83.9 Å². The zero-order valence-electron chi connectivity index (χ0n) is 8.59. The van der Waals surface area contributed by atoms with Crippen molar-refractivity contribution in [2.75, 3.05) is 0 Å². The SMILES string of the molecule is CCCC(=O)C(C)c1ccccc1F. The van der Waals surface area contributed by atoms with Gasteiger partial charge in [0.15, 0.2) is 0 Å². The maximum absolute atomic E-state index is 13.3. The molecule has 0 aliphatic rings. The van der Waals surface area contributed by atoms with Crippen LogP contribution in [0.3, 0.4) is 0 Å². The summed E-state index contributed by atoms with van der Waals surface area (Å²) in [6.07, 6.45) is 1.34. The molecule has 0 amide bonds. The third kappa shape index (κ3) is 2.41. The van der Waals surface area contributed by atoms with Gasteiger partial charge < -0.3 is 0 Å². The van der Waals surface area contributed by atoms with E-state index in [1.54, 1.807) is 25.1 Å². The lowest BCUT2D eigenvalue weighted by Crippen LogP contribution is -2.10. The van der Waals surface area contributed by atoms with Crippen LogP contribution in [-0.2, 0) is 4.79 Å². The van der Waals surface area contributed by atoms with Crippen molar-refractivity contribution < 1.29 is 9.18 Å². The van der Waals surface area contributed by atoms with E-state index in [9.17, 15) is 9.18 Å². The summed E-state index contributed by atoms with van der Waals surface area (Å²) in [5.74, 6) is -0.502. The van der Waals surface area contributed by atoms with E-state index in [1.807, 2.05) is 6.92 Å². The molecule has 76 valence electrons. The van der Waals surface area contributed by atoms with Gasteiger partial charge in [-0.3, -0.25) is 4.79 Å². The molecule has 0 N–H and O–H groups in total. The maximum atomic E-state index is 13.3.